The zero-order valence-corrected chi connectivity index (χ0v) is 19.9. The molecule has 32 heavy (non-hydrogen) atoms. The third kappa shape index (κ3) is 5.46. The van der Waals surface area contributed by atoms with Gasteiger partial charge in [0.25, 0.3) is 10.0 Å². The number of benzene rings is 3. The third-order valence-electron chi connectivity index (χ3n) is 4.75. The molecule has 0 aliphatic heterocycles. The van der Waals surface area contributed by atoms with Crippen molar-refractivity contribution in [3.8, 4) is 5.75 Å². The van der Waals surface area contributed by atoms with E-state index >= 15 is 0 Å². The van der Waals surface area contributed by atoms with E-state index in [9.17, 15) is 17.6 Å². The summed E-state index contributed by atoms with van der Waals surface area (Å²) >= 11 is 3.30. The molecule has 9 heteroatoms. The van der Waals surface area contributed by atoms with E-state index in [0.29, 0.717) is 21.5 Å². The van der Waals surface area contributed by atoms with E-state index in [4.69, 9.17) is 4.74 Å². The molecule has 0 aliphatic rings. The quantitative estimate of drug-likeness (QED) is 0.477. The number of carbonyl (C=O) groups excluding carboxylic acids is 1. The number of carbonyl (C=O) groups is 1. The van der Waals surface area contributed by atoms with Crippen LogP contribution in [0.4, 0.5) is 10.1 Å². The molecule has 0 spiro atoms. The molecule has 3 rings (SSSR count). The molecule has 0 atom stereocenters. The topological polar surface area (TPSA) is 75.7 Å². The fraction of sp³-hybridized carbons (Fsp3) is 0.174. The molecule has 0 unspecified atom stereocenters. The highest BCUT2D eigenvalue weighted by Crippen LogP contribution is 2.30. The number of ether oxygens (including phenoxy) is 1. The van der Waals surface area contributed by atoms with Crippen LogP contribution in [-0.2, 0) is 21.4 Å². The SMILES string of the molecule is COc1ccc(S(=O)(=O)N(CC(=O)NCc2ccccc2F)c2ccc(C)cc2)cc1Br. The number of rotatable bonds is 8. The molecule has 1 N–H and O–H groups in total. The lowest BCUT2D eigenvalue weighted by atomic mass is 10.2. The van der Waals surface area contributed by atoms with Crippen LogP contribution in [0.2, 0.25) is 0 Å². The molecular formula is C23H22BrFN2O4S. The summed E-state index contributed by atoms with van der Waals surface area (Å²) in [5, 5.41) is 2.59. The first-order valence-electron chi connectivity index (χ1n) is 9.65. The van der Waals surface area contributed by atoms with Crippen LogP contribution in [0, 0.1) is 12.7 Å². The van der Waals surface area contributed by atoms with Gasteiger partial charge in [0.15, 0.2) is 0 Å². The molecule has 0 fully saturated rings. The van der Waals surface area contributed by atoms with Crippen LogP contribution < -0.4 is 14.4 Å². The fourth-order valence-electron chi connectivity index (χ4n) is 2.98. The molecule has 6 nitrogen and oxygen atoms in total. The molecular weight excluding hydrogens is 499 g/mol. The normalized spacial score (nSPS) is 11.1. The summed E-state index contributed by atoms with van der Waals surface area (Å²) in [7, 11) is -2.61. The number of nitrogens with one attached hydrogen (secondary N) is 1. The van der Waals surface area contributed by atoms with Crippen molar-refractivity contribution in [2.45, 2.75) is 18.4 Å². The summed E-state index contributed by atoms with van der Waals surface area (Å²) in [5.74, 6) is -0.530. The Morgan fingerprint density at radius 3 is 2.41 bits per heavy atom. The van der Waals surface area contributed by atoms with Crippen molar-refractivity contribution < 1.29 is 22.3 Å². The predicted molar refractivity (Wildman–Crippen MR) is 125 cm³/mol. The number of amides is 1. The Hall–Kier alpha value is -2.91. The Kier molecular flexibility index (Phi) is 7.52. The molecule has 0 bridgehead atoms. The van der Waals surface area contributed by atoms with Gasteiger partial charge >= 0.3 is 0 Å². The highest BCUT2D eigenvalue weighted by Gasteiger charge is 2.28. The van der Waals surface area contributed by atoms with Gasteiger partial charge in [0, 0.05) is 12.1 Å². The van der Waals surface area contributed by atoms with Crippen molar-refractivity contribution in [1.29, 1.82) is 0 Å². The van der Waals surface area contributed by atoms with Gasteiger partial charge in [0.1, 0.15) is 18.1 Å². The van der Waals surface area contributed by atoms with Gasteiger partial charge in [-0.25, -0.2) is 12.8 Å². The van der Waals surface area contributed by atoms with Crippen molar-refractivity contribution in [3.63, 3.8) is 0 Å². The van der Waals surface area contributed by atoms with Crippen LogP contribution in [0.3, 0.4) is 0 Å². The van der Waals surface area contributed by atoms with Gasteiger partial charge in [-0.2, -0.15) is 0 Å². The van der Waals surface area contributed by atoms with Crippen molar-refractivity contribution in [2.75, 3.05) is 18.0 Å². The predicted octanol–water partition coefficient (Wildman–Crippen LogP) is 4.42. The molecule has 1 amide bonds. The van der Waals surface area contributed by atoms with Crippen molar-refractivity contribution in [3.05, 3.63) is 88.1 Å². The second-order valence-electron chi connectivity index (χ2n) is 7.01. The van der Waals surface area contributed by atoms with Crippen LogP contribution in [-0.4, -0.2) is 28.0 Å². The van der Waals surface area contributed by atoms with Crippen molar-refractivity contribution in [2.24, 2.45) is 0 Å². The lowest BCUT2D eigenvalue weighted by Crippen LogP contribution is -2.40. The van der Waals surface area contributed by atoms with Gasteiger partial charge in [-0.15, -0.1) is 0 Å². The zero-order valence-electron chi connectivity index (χ0n) is 17.5. The van der Waals surface area contributed by atoms with E-state index in [1.807, 2.05) is 6.92 Å². The van der Waals surface area contributed by atoms with E-state index in [-0.39, 0.29) is 11.4 Å². The van der Waals surface area contributed by atoms with Gasteiger partial charge in [-0.1, -0.05) is 35.9 Å². The van der Waals surface area contributed by atoms with Crippen molar-refractivity contribution in [1.82, 2.24) is 5.32 Å². The Balaban J connectivity index is 1.90. The lowest BCUT2D eigenvalue weighted by Gasteiger charge is -2.24. The summed E-state index contributed by atoms with van der Waals surface area (Å²) < 4.78 is 47.4. The molecule has 0 heterocycles. The molecule has 0 radical (unpaired) electrons. The van der Waals surface area contributed by atoms with E-state index in [1.54, 1.807) is 42.5 Å². The first-order valence-corrected chi connectivity index (χ1v) is 11.9. The van der Waals surface area contributed by atoms with Gasteiger partial charge in [0.05, 0.1) is 22.2 Å². The summed E-state index contributed by atoms with van der Waals surface area (Å²) in [6, 6.07) is 17.2. The van der Waals surface area contributed by atoms with E-state index in [2.05, 4.69) is 21.2 Å². The smallest absolute Gasteiger partial charge is 0.264 e. The number of hydrogen-bond donors (Lipinski definition) is 1. The maximum atomic E-state index is 13.8. The standard InChI is InChI=1S/C23H22BrFN2O4S/c1-16-7-9-18(10-8-16)27(15-23(28)26-14-17-5-3-4-6-21(17)25)32(29,30)19-11-12-22(31-2)20(24)13-19/h3-13H,14-15H2,1-2H3,(H,26,28). The molecule has 3 aromatic rings. The summed E-state index contributed by atoms with van der Waals surface area (Å²) in [6.07, 6.45) is 0. The third-order valence-corrected chi connectivity index (χ3v) is 7.14. The number of anilines is 1. The summed E-state index contributed by atoms with van der Waals surface area (Å²) in [6.45, 7) is 1.36. The highest BCUT2D eigenvalue weighted by molar-refractivity contribution is 9.10. The highest BCUT2D eigenvalue weighted by atomic mass is 79.9. The van der Waals surface area contributed by atoms with E-state index in [0.717, 1.165) is 9.87 Å². The van der Waals surface area contributed by atoms with Crippen LogP contribution in [0.1, 0.15) is 11.1 Å². The molecule has 0 saturated carbocycles. The fourth-order valence-corrected chi connectivity index (χ4v) is 5.12. The minimum atomic E-state index is -4.09. The van der Waals surface area contributed by atoms with Gasteiger partial charge < -0.3 is 10.1 Å². The minimum absolute atomic E-state index is 0.00680. The molecule has 0 saturated heterocycles. The maximum Gasteiger partial charge on any atom is 0.264 e. The second-order valence-corrected chi connectivity index (χ2v) is 9.73. The van der Waals surface area contributed by atoms with Crippen molar-refractivity contribution >= 4 is 37.5 Å². The minimum Gasteiger partial charge on any atom is -0.496 e. The molecule has 0 aromatic heterocycles. The number of sulfonamides is 1. The van der Waals surface area contributed by atoms with Crippen LogP contribution in [0.15, 0.2) is 76.1 Å². The monoisotopic (exact) mass is 520 g/mol. The van der Waals surface area contributed by atoms with E-state index < -0.39 is 28.3 Å². The Morgan fingerprint density at radius 1 is 1.09 bits per heavy atom. The van der Waals surface area contributed by atoms with Gasteiger partial charge in [-0.3, -0.25) is 9.10 Å². The zero-order chi connectivity index (χ0) is 23.3. The number of halogens is 2. The Morgan fingerprint density at radius 2 is 1.78 bits per heavy atom. The summed E-state index contributed by atoms with van der Waals surface area (Å²) in [5.41, 5.74) is 1.59. The Bertz CT molecular complexity index is 1220. The van der Waals surface area contributed by atoms with Crippen LogP contribution in [0.5, 0.6) is 5.75 Å². The first kappa shape index (κ1) is 23.7. The van der Waals surface area contributed by atoms with Gasteiger partial charge in [0.2, 0.25) is 5.91 Å². The summed E-state index contributed by atoms with van der Waals surface area (Å²) in [4.78, 5) is 12.6. The first-order chi connectivity index (χ1) is 15.2. The second kappa shape index (κ2) is 10.1. The molecule has 168 valence electrons. The number of aryl methyl sites for hydroxylation is 1. The average molecular weight is 521 g/mol. The Labute approximate surface area is 195 Å². The van der Waals surface area contributed by atoms with Crippen LogP contribution in [0.25, 0.3) is 0 Å². The number of methoxy groups -OCH3 is 1. The average Bonchev–Trinajstić information content (AvgIpc) is 2.77. The molecule has 0 aliphatic carbocycles. The number of nitrogens with zero attached hydrogens (tertiary/aromatic N) is 1. The number of hydrogen-bond acceptors (Lipinski definition) is 4. The maximum absolute atomic E-state index is 13.8. The largest absolute Gasteiger partial charge is 0.496 e. The lowest BCUT2D eigenvalue weighted by molar-refractivity contribution is -0.119. The van der Waals surface area contributed by atoms with Gasteiger partial charge in [-0.05, 0) is 59.3 Å². The van der Waals surface area contributed by atoms with Crippen LogP contribution >= 0.6 is 15.9 Å². The van der Waals surface area contributed by atoms with E-state index in [1.165, 1.54) is 31.4 Å². The molecule has 3 aromatic carbocycles.